The third kappa shape index (κ3) is 2.11. The van der Waals surface area contributed by atoms with Crippen molar-refractivity contribution >= 4 is 49.2 Å². The standard InChI is InChI=1S/C3H3BrN2S.BrH/c4-3-6-1-2(5)7-3;/h1H,5H2;1H. The first-order chi connectivity index (χ1) is 3.29. The van der Waals surface area contributed by atoms with Crippen LogP contribution in [0.3, 0.4) is 0 Å². The van der Waals surface area contributed by atoms with Crippen LogP contribution in [0, 0.1) is 0 Å². The molecule has 0 aromatic carbocycles. The number of nitrogens with two attached hydrogens (primary N) is 1. The first kappa shape index (κ1) is 8.39. The molecule has 2 nitrogen and oxygen atoms in total. The molecule has 46 valence electrons. The smallest absolute Gasteiger partial charge is 0.161 e. The van der Waals surface area contributed by atoms with Crippen LogP contribution in [0.15, 0.2) is 10.1 Å². The van der Waals surface area contributed by atoms with Crippen LogP contribution in [-0.2, 0) is 0 Å². The molecule has 0 aliphatic carbocycles. The summed E-state index contributed by atoms with van der Waals surface area (Å²) >= 11 is 4.59. The van der Waals surface area contributed by atoms with Gasteiger partial charge >= 0.3 is 0 Å². The fraction of sp³-hybridized carbons (Fsp3) is 0. The lowest BCUT2D eigenvalue weighted by atomic mass is 10.9. The Balaban J connectivity index is 0.000000490. The highest BCUT2D eigenvalue weighted by Crippen LogP contribution is 2.19. The summed E-state index contributed by atoms with van der Waals surface area (Å²) in [5, 5.41) is 0.742. The van der Waals surface area contributed by atoms with Gasteiger partial charge in [0.25, 0.3) is 0 Å². The van der Waals surface area contributed by atoms with Gasteiger partial charge in [0.05, 0.1) is 6.20 Å². The zero-order valence-electron chi connectivity index (χ0n) is 3.80. The minimum Gasteiger partial charge on any atom is -0.389 e. The molecule has 0 saturated heterocycles. The van der Waals surface area contributed by atoms with E-state index in [1.807, 2.05) is 0 Å². The summed E-state index contributed by atoms with van der Waals surface area (Å²) in [5.74, 6) is 0. The Morgan fingerprint density at radius 2 is 2.38 bits per heavy atom. The second-order valence-corrected chi connectivity index (χ2v) is 3.35. The fourth-order valence-corrected chi connectivity index (χ4v) is 1.33. The average Bonchev–Trinajstić information content (AvgIpc) is 1.87. The summed E-state index contributed by atoms with van der Waals surface area (Å²) in [5.41, 5.74) is 5.30. The third-order valence-electron chi connectivity index (χ3n) is 0.495. The molecule has 0 amide bonds. The molecule has 1 rings (SSSR count). The highest BCUT2D eigenvalue weighted by Gasteiger charge is 1.88. The molecule has 0 radical (unpaired) electrons. The largest absolute Gasteiger partial charge is 0.389 e. The van der Waals surface area contributed by atoms with Gasteiger partial charge in [0, 0.05) is 0 Å². The number of aromatic nitrogens is 1. The Morgan fingerprint density at radius 1 is 1.75 bits per heavy atom. The molecule has 1 aromatic rings. The van der Waals surface area contributed by atoms with Crippen LogP contribution in [-0.4, -0.2) is 4.98 Å². The van der Waals surface area contributed by atoms with Gasteiger partial charge in [-0.1, -0.05) is 11.3 Å². The molecule has 8 heavy (non-hydrogen) atoms. The van der Waals surface area contributed by atoms with Crippen molar-refractivity contribution in [2.45, 2.75) is 0 Å². The van der Waals surface area contributed by atoms with Gasteiger partial charge in [-0.05, 0) is 15.9 Å². The molecule has 0 saturated carbocycles. The maximum atomic E-state index is 5.30. The number of thiazole rings is 1. The minimum absolute atomic E-state index is 0. The Hall–Kier alpha value is 0.390. The predicted octanol–water partition coefficient (Wildman–Crippen LogP) is 2.07. The van der Waals surface area contributed by atoms with Crippen molar-refractivity contribution < 1.29 is 0 Å². The maximum Gasteiger partial charge on any atom is 0.161 e. The van der Waals surface area contributed by atoms with Gasteiger partial charge in [0.1, 0.15) is 5.00 Å². The minimum atomic E-state index is 0. The first-order valence-electron chi connectivity index (χ1n) is 1.66. The summed E-state index contributed by atoms with van der Waals surface area (Å²) in [6.07, 6.45) is 1.62. The van der Waals surface area contributed by atoms with Crippen LogP contribution in [0.2, 0.25) is 0 Å². The quantitative estimate of drug-likeness (QED) is 0.775. The Morgan fingerprint density at radius 3 is 2.50 bits per heavy atom. The molecule has 1 aromatic heterocycles. The van der Waals surface area contributed by atoms with Crippen molar-refractivity contribution in [3.05, 3.63) is 10.1 Å². The van der Waals surface area contributed by atoms with Gasteiger partial charge in [-0.25, -0.2) is 4.98 Å². The van der Waals surface area contributed by atoms with E-state index in [1.165, 1.54) is 11.3 Å². The monoisotopic (exact) mass is 258 g/mol. The molecule has 2 N–H and O–H groups in total. The van der Waals surface area contributed by atoms with E-state index < -0.39 is 0 Å². The van der Waals surface area contributed by atoms with Crippen molar-refractivity contribution in [3.8, 4) is 0 Å². The molecule has 0 aliphatic heterocycles. The predicted molar refractivity (Wildman–Crippen MR) is 44.5 cm³/mol. The molecule has 1 heterocycles. The maximum absolute atomic E-state index is 5.30. The van der Waals surface area contributed by atoms with Crippen LogP contribution in [0.1, 0.15) is 0 Å². The molecule has 0 unspecified atom stereocenters. The average molecular weight is 260 g/mol. The number of rotatable bonds is 0. The van der Waals surface area contributed by atoms with Crippen molar-refractivity contribution in [2.24, 2.45) is 0 Å². The molecule has 0 spiro atoms. The summed E-state index contributed by atoms with van der Waals surface area (Å²) in [6.45, 7) is 0. The van der Waals surface area contributed by atoms with E-state index >= 15 is 0 Å². The molecule has 5 heteroatoms. The number of nitrogens with zero attached hydrogens (tertiary/aromatic N) is 1. The van der Waals surface area contributed by atoms with Gasteiger partial charge in [0.15, 0.2) is 3.92 Å². The van der Waals surface area contributed by atoms with Gasteiger partial charge in [0.2, 0.25) is 0 Å². The Kier molecular flexibility index (Phi) is 3.59. The van der Waals surface area contributed by atoms with Crippen LogP contribution >= 0.6 is 44.2 Å². The van der Waals surface area contributed by atoms with Crippen molar-refractivity contribution in [2.75, 3.05) is 5.73 Å². The van der Waals surface area contributed by atoms with E-state index in [1.54, 1.807) is 6.20 Å². The second-order valence-electron chi connectivity index (χ2n) is 1.02. The molecule has 0 aliphatic rings. The third-order valence-corrected chi connectivity index (χ3v) is 1.80. The molecule has 0 fully saturated rings. The number of hydrogen-bond donors (Lipinski definition) is 1. The van der Waals surface area contributed by atoms with Crippen molar-refractivity contribution in [1.29, 1.82) is 0 Å². The van der Waals surface area contributed by atoms with E-state index in [0.29, 0.717) is 0 Å². The summed E-state index contributed by atoms with van der Waals surface area (Å²) < 4.78 is 0.838. The normalized spacial score (nSPS) is 8.12. The van der Waals surface area contributed by atoms with Crippen molar-refractivity contribution in [3.63, 3.8) is 0 Å². The summed E-state index contributed by atoms with van der Waals surface area (Å²) in [7, 11) is 0. The van der Waals surface area contributed by atoms with Crippen LogP contribution < -0.4 is 5.73 Å². The number of halogens is 2. The highest BCUT2D eigenvalue weighted by atomic mass is 79.9. The summed E-state index contributed by atoms with van der Waals surface area (Å²) in [4.78, 5) is 3.83. The van der Waals surface area contributed by atoms with Crippen LogP contribution in [0.4, 0.5) is 5.00 Å². The topological polar surface area (TPSA) is 38.9 Å². The first-order valence-corrected chi connectivity index (χ1v) is 3.27. The SMILES string of the molecule is Br.Nc1cnc(Br)s1. The van der Waals surface area contributed by atoms with E-state index in [2.05, 4.69) is 20.9 Å². The summed E-state index contributed by atoms with van der Waals surface area (Å²) in [6, 6.07) is 0. The van der Waals surface area contributed by atoms with Crippen molar-refractivity contribution in [1.82, 2.24) is 4.98 Å². The fourth-order valence-electron chi connectivity index (χ4n) is 0.264. The highest BCUT2D eigenvalue weighted by molar-refractivity contribution is 9.11. The lowest BCUT2D eigenvalue weighted by Gasteiger charge is -1.68. The molecular formula is C3H4Br2N2S. The van der Waals surface area contributed by atoms with Gasteiger partial charge in [-0.2, -0.15) is 0 Å². The molecule has 0 bridgehead atoms. The van der Waals surface area contributed by atoms with Gasteiger partial charge in [-0.3, -0.25) is 0 Å². The van der Waals surface area contributed by atoms with Gasteiger partial charge in [-0.15, -0.1) is 17.0 Å². The number of nitrogen functional groups attached to an aromatic ring is 1. The van der Waals surface area contributed by atoms with E-state index in [-0.39, 0.29) is 17.0 Å². The van der Waals surface area contributed by atoms with Crippen LogP contribution in [0.25, 0.3) is 0 Å². The van der Waals surface area contributed by atoms with E-state index in [4.69, 9.17) is 5.73 Å². The lowest BCUT2D eigenvalue weighted by Crippen LogP contribution is -1.73. The van der Waals surface area contributed by atoms with E-state index in [0.717, 1.165) is 8.92 Å². The molecular weight excluding hydrogens is 256 g/mol. The number of anilines is 1. The van der Waals surface area contributed by atoms with Gasteiger partial charge < -0.3 is 5.73 Å². The zero-order chi connectivity index (χ0) is 5.28. The van der Waals surface area contributed by atoms with E-state index in [9.17, 15) is 0 Å². The second kappa shape index (κ2) is 3.42. The number of hydrogen-bond acceptors (Lipinski definition) is 3. The zero-order valence-corrected chi connectivity index (χ0v) is 7.91. The van der Waals surface area contributed by atoms with Crippen LogP contribution in [0.5, 0.6) is 0 Å². The molecule has 0 atom stereocenters. The Bertz CT molecular complexity index is 148. The lowest BCUT2D eigenvalue weighted by molar-refractivity contribution is 1.38. The Labute approximate surface area is 70.0 Å².